The predicted octanol–water partition coefficient (Wildman–Crippen LogP) is 0.695. The van der Waals surface area contributed by atoms with Crippen molar-refractivity contribution in [1.29, 1.82) is 0 Å². The summed E-state index contributed by atoms with van der Waals surface area (Å²) in [7, 11) is 3.45. The van der Waals surface area contributed by atoms with Crippen molar-refractivity contribution in [1.82, 2.24) is 15.5 Å². The molecule has 22 heavy (non-hydrogen) atoms. The van der Waals surface area contributed by atoms with E-state index < -0.39 is 11.8 Å². The number of thiocarbonyl (C=S) groups is 1. The van der Waals surface area contributed by atoms with Crippen molar-refractivity contribution >= 4 is 41.1 Å². The van der Waals surface area contributed by atoms with Gasteiger partial charge in [-0.25, -0.2) is 0 Å². The number of carbonyl (C=O) groups excluding carboxylic acids is 3. The fraction of sp³-hybridized carbons (Fsp3) is 0.200. The highest BCUT2D eigenvalue weighted by atomic mass is 32.1. The summed E-state index contributed by atoms with van der Waals surface area (Å²) in [5.41, 5.74) is 0.843. The summed E-state index contributed by atoms with van der Waals surface area (Å²) in [6, 6.07) is 9.13. The molecule has 2 rings (SSSR count). The van der Waals surface area contributed by atoms with Crippen LogP contribution in [0.1, 0.15) is 12.5 Å². The van der Waals surface area contributed by atoms with Crippen LogP contribution in [0.15, 0.2) is 35.9 Å². The Labute approximate surface area is 134 Å². The van der Waals surface area contributed by atoms with Gasteiger partial charge in [-0.3, -0.25) is 25.0 Å². The topological polar surface area (TPSA) is 78.5 Å². The van der Waals surface area contributed by atoms with Gasteiger partial charge in [-0.15, -0.1) is 0 Å². The Morgan fingerprint density at radius 3 is 1.95 bits per heavy atom. The van der Waals surface area contributed by atoms with Crippen LogP contribution >= 0.6 is 12.2 Å². The van der Waals surface area contributed by atoms with Crippen LogP contribution < -0.4 is 10.6 Å². The van der Waals surface area contributed by atoms with Gasteiger partial charge in [0.1, 0.15) is 5.57 Å². The molecule has 116 valence electrons. The maximum absolute atomic E-state index is 11.5. The molecular weight excluding hydrogens is 302 g/mol. The van der Waals surface area contributed by atoms with Crippen molar-refractivity contribution in [3.8, 4) is 0 Å². The molecule has 0 aliphatic carbocycles. The molecule has 0 atom stereocenters. The van der Waals surface area contributed by atoms with Gasteiger partial charge in [-0.2, -0.15) is 0 Å². The number of nitrogens with one attached hydrogen (secondary N) is 2. The summed E-state index contributed by atoms with van der Waals surface area (Å²) < 4.78 is 0. The molecular formula is C15H17N3O3S. The number of nitrogens with zero attached hydrogens (tertiary/aromatic N) is 1. The van der Waals surface area contributed by atoms with Gasteiger partial charge < -0.3 is 4.90 Å². The van der Waals surface area contributed by atoms with E-state index in [9.17, 15) is 14.4 Å². The zero-order chi connectivity index (χ0) is 16.7. The van der Waals surface area contributed by atoms with E-state index in [4.69, 9.17) is 0 Å². The van der Waals surface area contributed by atoms with E-state index in [0.717, 1.165) is 5.56 Å². The molecule has 6 nitrogen and oxygen atoms in total. The Morgan fingerprint density at radius 1 is 1.09 bits per heavy atom. The van der Waals surface area contributed by atoms with Crippen LogP contribution in [0, 0.1) is 0 Å². The Morgan fingerprint density at radius 2 is 1.55 bits per heavy atom. The minimum absolute atomic E-state index is 0.0419. The molecule has 1 aliphatic rings. The van der Waals surface area contributed by atoms with E-state index in [2.05, 4.69) is 22.9 Å². The largest absolute Gasteiger partial charge is 0.349 e. The van der Waals surface area contributed by atoms with E-state index in [1.54, 1.807) is 26.2 Å². The molecule has 0 bridgehead atoms. The van der Waals surface area contributed by atoms with Gasteiger partial charge in [-0.1, -0.05) is 30.3 Å². The lowest BCUT2D eigenvalue weighted by Gasteiger charge is -2.16. The zero-order valence-electron chi connectivity index (χ0n) is 12.5. The molecule has 1 aromatic carbocycles. The van der Waals surface area contributed by atoms with E-state index in [1.165, 1.54) is 17.9 Å². The lowest BCUT2D eigenvalue weighted by molar-refractivity contribution is -0.126. The molecule has 1 aromatic rings. The number of rotatable bonds is 1. The molecule has 0 radical (unpaired) electrons. The zero-order valence-corrected chi connectivity index (χ0v) is 13.4. The molecule has 3 amide bonds. The molecule has 7 heteroatoms. The average Bonchev–Trinajstić information content (AvgIpc) is 2.44. The molecule has 1 aliphatic heterocycles. The summed E-state index contributed by atoms with van der Waals surface area (Å²) >= 11 is 4.69. The van der Waals surface area contributed by atoms with E-state index >= 15 is 0 Å². The fourth-order valence-electron chi connectivity index (χ4n) is 1.32. The summed E-state index contributed by atoms with van der Waals surface area (Å²) in [5, 5.41) is 4.79. The number of hydrogen-bond donors (Lipinski definition) is 2. The molecule has 0 unspecified atom stereocenters. The summed E-state index contributed by atoms with van der Waals surface area (Å²) in [6.45, 7) is 1.53. The van der Waals surface area contributed by atoms with Crippen molar-refractivity contribution in [3.05, 3.63) is 41.5 Å². The van der Waals surface area contributed by atoms with E-state index in [0.29, 0.717) is 0 Å². The highest BCUT2D eigenvalue weighted by Crippen LogP contribution is 2.08. The van der Waals surface area contributed by atoms with Gasteiger partial charge in [0, 0.05) is 21.0 Å². The third kappa shape index (κ3) is 5.45. The lowest BCUT2D eigenvalue weighted by Crippen LogP contribution is -2.51. The van der Waals surface area contributed by atoms with E-state index in [1.807, 2.05) is 18.2 Å². The summed E-state index contributed by atoms with van der Waals surface area (Å²) in [4.78, 5) is 34.6. The van der Waals surface area contributed by atoms with Crippen molar-refractivity contribution in [2.24, 2.45) is 0 Å². The third-order valence-electron chi connectivity index (χ3n) is 2.68. The van der Waals surface area contributed by atoms with Gasteiger partial charge in [0.15, 0.2) is 5.11 Å². The molecule has 1 saturated heterocycles. The predicted molar refractivity (Wildman–Crippen MR) is 87.7 cm³/mol. The molecule has 0 saturated carbocycles. The number of hydrogen-bond acceptors (Lipinski definition) is 4. The van der Waals surface area contributed by atoms with Crippen molar-refractivity contribution in [2.45, 2.75) is 6.92 Å². The number of benzene rings is 1. The van der Waals surface area contributed by atoms with Crippen LogP contribution in [0.2, 0.25) is 0 Å². The van der Waals surface area contributed by atoms with Crippen LogP contribution in [0.5, 0.6) is 0 Å². The van der Waals surface area contributed by atoms with Crippen molar-refractivity contribution in [2.75, 3.05) is 14.1 Å². The second-order valence-electron chi connectivity index (χ2n) is 4.62. The monoisotopic (exact) mass is 319 g/mol. The van der Waals surface area contributed by atoms with Crippen LogP contribution in [-0.2, 0) is 14.4 Å². The second kappa shape index (κ2) is 8.04. The molecule has 0 spiro atoms. The maximum atomic E-state index is 11.5. The molecule has 1 heterocycles. The first kappa shape index (κ1) is 17.5. The normalized spacial score (nSPS) is 13.4. The molecule has 1 fully saturated rings. The van der Waals surface area contributed by atoms with Crippen LogP contribution in [0.25, 0.3) is 6.08 Å². The minimum Gasteiger partial charge on any atom is -0.349 e. The lowest BCUT2D eigenvalue weighted by atomic mass is 10.1. The third-order valence-corrected chi connectivity index (χ3v) is 2.89. The van der Waals surface area contributed by atoms with Crippen molar-refractivity contribution < 1.29 is 14.4 Å². The highest BCUT2D eigenvalue weighted by molar-refractivity contribution is 7.80. The smallest absolute Gasteiger partial charge is 0.263 e. The highest BCUT2D eigenvalue weighted by Gasteiger charge is 2.25. The fourth-order valence-corrected chi connectivity index (χ4v) is 1.51. The SMILES string of the molecule is CC(=O)N(C)C.O=C1NC(=S)NC(=O)C1=Cc1ccccc1. The first-order valence-electron chi connectivity index (χ1n) is 6.42. The standard InChI is InChI=1S/C11H8N2O2S.C4H9NO/c14-9-8(10(15)13-11(16)12-9)6-7-4-2-1-3-5-7;1-4(6)5(2)3/h1-6H,(H2,12,13,14,15,16);1-3H3. The minimum atomic E-state index is -0.474. The Kier molecular flexibility index (Phi) is 6.40. The average molecular weight is 319 g/mol. The quantitative estimate of drug-likeness (QED) is 0.454. The summed E-state index contributed by atoms with van der Waals surface area (Å²) in [5.74, 6) is -0.856. The first-order valence-corrected chi connectivity index (χ1v) is 6.83. The Balaban J connectivity index is 0.000000346. The second-order valence-corrected chi connectivity index (χ2v) is 5.03. The van der Waals surface area contributed by atoms with Gasteiger partial charge in [0.25, 0.3) is 11.8 Å². The van der Waals surface area contributed by atoms with E-state index in [-0.39, 0.29) is 16.6 Å². The van der Waals surface area contributed by atoms with Gasteiger partial charge in [-0.05, 0) is 23.9 Å². The Hall–Kier alpha value is -2.54. The first-order chi connectivity index (χ1) is 10.3. The molecule has 2 N–H and O–H groups in total. The van der Waals surface area contributed by atoms with Gasteiger partial charge >= 0.3 is 0 Å². The van der Waals surface area contributed by atoms with Crippen molar-refractivity contribution in [3.63, 3.8) is 0 Å². The molecule has 0 aromatic heterocycles. The number of carbonyl (C=O) groups is 3. The number of amides is 3. The summed E-state index contributed by atoms with van der Waals surface area (Å²) in [6.07, 6.45) is 1.52. The van der Waals surface area contributed by atoms with Gasteiger partial charge in [0.05, 0.1) is 0 Å². The van der Waals surface area contributed by atoms with Crippen LogP contribution in [0.4, 0.5) is 0 Å². The van der Waals surface area contributed by atoms with Crippen LogP contribution in [0.3, 0.4) is 0 Å². The van der Waals surface area contributed by atoms with Gasteiger partial charge in [0.2, 0.25) is 5.91 Å². The maximum Gasteiger partial charge on any atom is 0.263 e. The van der Waals surface area contributed by atoms with Crippen LogP contribution in [-0.4, -0.2) is 41.8 Å². The Bertz CT molecular complexity index is 602.